The van der Waals surface area contributed by atoms with Crippen molar-refractivity contribution < 1.29 is 18.3 Å². The van der Waals surface area contributed by atoms with Gasteiger partial charge in [0.1, 0.15) is 18.2 Å². The van der Waals surface area contributed by atoms with Gasteiger partial charge in [0.15, 0.2) is 0 Å². The maximum atomic E-state index is 13.2. The minimum Gasteiger partial charge on any atom is -0.369 e. The topological polar surface area (TPSA) is 38.3 Å². The quantitative estimate of drug-likeness (QED) is 0.859. The van der Waals surface area contributed by atoms with E-state index in [1.807, 2.05) is 0 Å². The summed E-state index contributed by atoms with van der Waals surface area (Å²) in [6.07, 6.45) is -0.0494. The molecule has 0 unspecified atom stereocenters. The molecule has 0 saturated carbocycles. The van der Waals surface area contributed by atoms with Gasteiger partial charge in [0, 0.05) is 12.1 Å². The Labute approximate surface area is 98.8 Å². The molecule has 0 radical (unpaired) electrons. The molecule has 1 amide bonds. The van der Waals surface area contributed by atoms with Gasteiger partial charge in [0.05, 0.1) is 6.10 Å². The van der Waals surface area contributed by atoms with Crippen LogP contribution < -0.4 is 5.32 Å². The number of hydrogen-bond acceptors (Lipinski definition) is 2. The number of ether oxygens (including phenoxy) is 1. The Balaban J connectivity index is 2.44. The first-order chi connectivity index (χ1) is 7.99. The van der Waals surface area contributed by atoms with Crippen LogP contribution in [-0.2, 0) is 16.1 Å². The van der Waals surface area contributed by atoms with E-state index in [1.54, 1.807) is 13.8 Å². The highest BCUT2D eigenvalue weighted by Crippen LogP contribution is 2.08. The summed E-state index contributed by atoms with van der Waals surface area (Å²) >= 11 is 0. The normalized spacial score (nSPS) is 10.6. The van der Waals surface area contributed by atoms with Gasteiger partial charge in [-0.25, -0.2) is 8.78 Å². The third-order valence-electron chi connectivity index (χ3n) is 2.03. The van der Waals surface area contributed by atoms with Crippen molar-refractivity contribution in [3.63, 3.8) is 0 Å². The monoisotopic (exact) mass is 243 g/mol. The first-order valence-electron chi connectivity index (χ1n) is 5.31. The fraction of sp³-hybridized carbons (Fsp3) is 0.417. The minimum atomic E-state index is -0.545. The van der Waals surface area contributed by atoms with Gasteiger partial charge in [-0.05, 0) is 32.0 Å². The summed E-state index contributed by atoms with van der Waals surface area (Å²) < 4.78 is 31.1. The zero-order valence-electron chi connectivity index (χ0n) is 9.80. The molecule has 5 heteroatoms. The van der Waals surface area contributed by atoms with Crippen LogP contribution in [0.4, 0.5) is 8.78 Å². The second-order valence-corrected chi connectivity index (χ2v) is 3.87. The predicted octanol–water partition coefficient (Wildman–Crippen LogP) is 2.01. The Morgan fingerprint density at radius 2 is 2.12 bits per heavy atom. The van der Waals surface area contributed by atoms with Crippen LogP contribution in [0.5, 0.6) is 0 Å². The van der Waals surface area contributed by atoms with E-state index in [-0.39, 0.29) is 30.7 Å². The molecule has 0 atom stereocenters. The van der Waals surface area contributed by atoms with Gasteiger partial charge < -0.3 is 10.1 Å². The van der Waals surface area contributed by atoms with E-state index in [4.69, 9.17) is 4.74 Å². The van der Waals surface area contributed by atoms with Crippen LogP contribution in [0.1, 0.15) is 19.4 Å². The molecule has 0 heterocycles. The number of nitrogens with one attached hydrogen (secondary N) is 1. The van der Waals surface area contributed by atoms with E-state index >= 15 is 0 Å². The van der Waals surface area contributed by atoms with Crippen molar-refractivity contribution in [2.45, 2.75) is 26.5 Å². The van der Waals surface area contributed by atoms with Crippen molar-refractivity contribution in [1.82, 2.24) is 5.32 Å². The summed E-state index contributed by atoms with van der Waals surface area (Å²) in [6.45, 7) is 3.47. The van der Waals surface area contributed by atoms with Crippen LogP contribution >= 0.6 is 0 Å². The van der Waals surface area contributed by atoms with Crippen LogP contribution in [0.2, 0.25) is 0 Å². The van der Waals surface area contributed by atoms with Gasteiger partial charge in [0.2, 0.25) is 5.91 Å². The fourth-order valence-corrected chi connectivity index (χ4v) is 1.17. The summed E-state index contributed by atoms with van der Waals surface area (Å²) in [6, 6.07) is 3.11. The lowest BCUT2D eigenvalue weighted by molar-refractivity contribution is -0.127. The van der Waals surface area contributed by atoms with E-state index in [0.29, 0.717) is 0 Å². The Bertz CT molecular complexity index is 394. The van der Waals surface area contributed by atoms with Crippen LogP contribution in [0.3, 0.4) is 0 Å². The first kappa shape index (κ1) is 13.6. The summed E-state index contributed by atoms with van der Waals surface area (Å²) in [5, 5.41) is 2.45. The lowest BCUT2D eigenvalue weighted by Gasteiger charge is -2.09. The minimum absolute atomic E-state index is 0.0494. The molecule has 1 rings (SSSR count). The number of hydrogen-bond donors (Lipinski definition) is 1. The molecule has 94 valence electrons. The van der Waals surface area contributed by atoms with Crippen LogP contribution in [-0.4, -0.2) is 18.6 Å². The Kier molecular flexibility index (Phi) is 5.03. The molecule has 1 aromatic carbocycles. The molecule has 0 bridgehead atoms. The van der Waals surface area contributed by atoms with Crippen molar-refractivity contribution in [3.8, 4) is 0 Å². The molecular formula is C12H15F2NO2. The van der Waals surface area contributed by atoms with Crippen molar-refractivity contribution in [1.29, 1.82) is 0 Å². The summed E-state index contributed by atoms with van der Waals surface area (Å²) in [5.41, 5.74) is 0.114. The molecule has 0 aromatic heterocycles. The third-order valence-corrected chi connectivity index (χ3v) is 2.03. The number of amides is 1. The summed E-state index contributed by atoms with van der Waals surface area (Å²) in [4.78, 5) is 11.3. The number of benzene rings is 1. The molecule has 0 spiro atoms. The van der Waals surface area contributed by atoms with Gasteiger partial charge >= 0.3 is 0 Å². The second kappa shape index (κ2) is 6.30. The van der Waals surface area contributed by atoms with Crippen molar-refractivity contribution >= 4 is 5.91 Å². The van der Waals surface area contributed by atoms with Gasteiger partial charge in [-0.1, -0.05) is 0 Å². The van der Waals surface area contributed by atoms with E-state index in [1.165, 1.54) is 0 Å². The van der Waals surface area contributed by atoms with Gasteiger partial charge in [-0.3, -0.25) is 4.79 Å². The van der Waals surface area contributed by atoms with E-state index in [9.17, 15) is 13.6 Å². The van der Waals surface area contributed by atoms with Crippen molar-refractivity contribution in [3.05, 3.63) is 35.4 Å². The number of carbonyl (C=O) groups excluding carboxylic acids is 1. The Hall–Kier alpha value is -1.49. The van der Waals surface area contributed by atoms with Crippen LogP contribution in [0.25, 0.3) is 0 Å². The molecule has 0 fully saturated rings. The zero-order chi connectivity index (χ0) is 12.8. The summed E-state index contributed by atoms with van der Waals surface area (Å²) in [5.74, 6) is -1.44. The van der Waals surface area contributed by atoms with Gasteiger partial charge in [-0.15, -0.1) is 0 Å². The van der Waals surface area contributed by atoms with E-state index in [0.717, 1.165) is 18.2 Å². The number of rotatable bonds is 5. The van der Waals surface area contributed by atoms with Crippen molar-refractivity contribution in [2.24, 2.45) is 0 Å². The smallest absolute Gasteiger partial charge is 0.246 e. The molecule has 1 N–H and O–H groups in total. The predicted molar refractivity (Wildman–Crippen MR) is 59.3 cm³/mol. The Morgan fingerprint density at radius 1 is 1.41 bits per heavy atom. The zero-order valence-corrected chi connectivity index (χ0v) is 9.80. The van der Waals surface area contributed by atoms with Crippen LogP contribution in [0, 0.1) is 11.6 Å². The van der Waals surface area contributed by atoms with Crippen LogP contribution in [0.15, 0.2) is 18.2 Å². The van der Waals surface area contributed by atoms with E-state index in [2.05, 4.69) is 5.32 Å². The highest BCUT2D eigenvalue weighted by molar-refractivity contribution is 5.77. The highest BCUT2D eigenvalue weighted by Gasteiger charge is 2.07. The number of halogens is 2. The maximum absolute atomic E-state index is 13.2. The highest BCUT2D eigenvalue weighted by atomic mass is 19.1. The summed E-state index contributed by atoms with van der Waals surface area (Å²) in [7, 11) is 0. The lowest BCUT2D eigenvalue weighted by atomic mass is 10.2. The largest absolute Gasteiger partial charge is 0.369 e. The fourth-order valence-electron chi connectivity index (χ4n) is 1.17. The third kappa shape index (κ3) is 4.91. The molecule has 3 nitrogen and oxygen atoms in total. The molecular weight excluding hydrogens is 228 g/mol. The second-order valence-electron chi connectivity index (χ2n) is 3.87. The standard InChI is InChI=1S/C12H15F2NO2/c1-8(2)17-7-12(16)15-6-9-5-10(13)3-4-11(9)14/h3-5,8H,6-7H2,1-2H3,(H,15,16). The van der Waals surface area contributed by atoms with Crippen molar-refractivity contribution in [2.75, 3.05) is 6.61 Å². The molecule has 1 aromatic rings. The SMILES string of the molecule is CC(C)OCC(=O)NCc1cc(F)ccc1F. The number of carbonyl (C=O) groups is 1. The lowest BCUT2D eigenvalue weighted by Crippen LogP contribution is -2.28. The molecule has 0 aliphatic carbocycles. The van der Waals surface area contributed by atoms with Gasteiger partial charge in [0.25, 0.3) is 0 Å². The molecule has 0 saturated heterocycles. The average molecular weight is 243 g/mol. The average Bonchev–Trinajstić information content (AvgIpc) is 2.27. The molecule has 0 aliphatic heterocycles. The molecule has 17 heavy (non-hydrogen) atoms. The molecule has 0 aliphatic rings. The van der Waals surface area contributed by atoms with Gasteiger partial charge in [-0.2, -0.15) is 0 Å². The first-order valence-corrected chi connectivity index (χ1v) is 5.31. The van der Waals surface area contributed by atoms with E-state index < -0.39 is 11.6 Å². The maximum Gasteiger partial charge on any atom is 0.246 e. The Morgan fingerprint density at radius 3 is 2.76 bits per heavy atom.